The second-order valence-electron chi connectivity index (χ2n) is 21.5. The van der Waals surface area contributed by atoms with Crippen molar-refractivity contribution in [3.63, 3.8) is 0 Å². The molecule has 0 bridgehead atoms. The van der Waals surface area contributed by atoms with Gasteiger partial charge in [-0.2, -0.15) is 0 Å². The molecule has 7 atom stereocenters. The minimum absolute atomic E-state index is 0.0545. The smallest absolute Gasteiger partial charge is 0.308 e. The Bertz CT molecular complexity index is 1460. The summed E-state index contributed by atoms with van der Waals surface area (Å²) >= 11 is 0. The highest BCUT2D eigenvalue weighted by Crippen LogP contribution is 2.45. The highest BCUT2D eigenvalue weighted by molar-refractivity contribution is 5.86. The molecule has 0 aromatic carbocycles. The molecular formula is C49H80N2O11. The van der Waals surface area contributed by atoms with E-state index in [9.17, 15) is 39.4 Å². The highest BCUT2D eigenvalue weighted by Gasteiger charge is 2.46. The zero-order valence-electron chi connectivity index (χ0n) is 37.9. The molecule has 62 heavy (non-hydrogen) atoms. The molecule has 6 aliphatic carbocycles. The first kappa shape index (κ1) is 48.7. The maximum atomic E-state index is 13.6. The number of hydrogen-bond donors (Lipinski definition) is 5. The number of carboxylic acid groups (broad SMARTS) is 2. The Labute approximate surface area is 370 Å². The Morgan fingerprint density at radius 2 is 1.13 bits per heavy atom. The van der Waals surface area contributed by atoms with Gasteiger partial charge in [-0.05, 0) is 144 Å². The summed E-state index contributed by atoms with van der Waals surface area (Å²) in [5.41, 5.74) is 2.49. The molecule has 0 aromatic rings. The van der Waals surface area contributed by atoms with Crippen LogP contribution in [0.25, 0.3) is 0 Å². The topological polar surface area (TPSA) is 198 Å². The van der Waals surface area contributed by atoms with Crippen molar-refractivity contribution in [2.24, 2.45) is 64.6 Å². The summed E-state index contributed by atoms with van der Waals surface area (Å²) < 4.78 is 18.0. The maximum absolute atomic E-state index is 13.6. The third-order valence-corrected chi connectivity index (χ3v) is 16.3. The number of esters is 2. The minimum Gasteiger partial charge on any atom is -0.481 e. The molecule has 0 aliphatic heterocycles. The number of rotatable bonds is 18. The molecule has 13 nitrogen and oxygen atoms in total. The summed E-state index contributed by atoms with van der Waals surface area (Å²) in [6, 6.07) is -0.443. The normalized spacial score (nSPS) is 33.5. The average Bonchev–Trinajstić information content (AvgIpc) is 3.28. The Kier molecular flexibility index (Phi) is 18.4. The Morgan fingerprint density at radius 3 is 1.66 bits per heavy atom. The number of carbonyl (C=O) groups is 5. The summed E-state index contributed by atoms with van der Waals surface area (Å²) in [7, 11) is 0. The molecule has 7 unspecified atom stereocenters. The van der Waals surface area contributed by atoms with Crippen molar-refractivity contribution in [3.05, 3.63) is 0 Å². The minimum atomic E-state index is -0.982. The molecule has 5 N–H and O–H groups in total. The molecule has 6 fully saturated rings. The Morgan fingerprint density at radius 1 is 0.597 bits per heavy atom. The molecule has 0 saturated heterocycles. The summed E-state index contributed by atoms with van der Waals surface area (Å²) in [4.78, 5) is 64.3. The van der Waals surface area contributed by atoms with Crippen LogP contribution >= 0.6 is 0 Å². The van der Waals surface area contributed by atoms with E-state index < -0.39 is 35.6 Å². The van der Waals surface area contributed by atoms with Gasteiger partial charge in [0.2, 0.25) is 5.91 Å². The first-order valence-electron chi connectivity index (χ1n) is 24.9. The predicted octanol–water partition coefficient (Wildman–Crippen LogP) is 8.48. The predicted molar refractivity (Wildman–Crippen MR) is 232 cm³/mol. The lowest BCUT2D eigenvalue weighted by Gasteiger charge is -2.43. The van der Waals surface area contributed by atoms with E-state index in [1.807, 2.05) is 0 Å². The molecule has 6 rings (SSSR count). The van der Waals surface area contributed by atoms with Crippen LogP contribution in [-0.4, -0.2) is 83.2 Å². The molecule has 13 heteroatoms. The molecule has 0 aromatic heterocycles. The first-order chi connectivity index (χ1) is 29.8. The van der Waals surface area contributed by atoms with Gasteiger partial charge in [0, 0.05) is 12.1 Å². The standard InChI is InChI=1S/C49H80N2O11/c1-49(2,27-31-13-15-34(16-14-31)43(51-59)41-25-35(17-23-39(41)45(53)54)47(57)60-28-32-9-5-3-6-10-32)30-62-38-21-19-37(20-22-38)50-44(52)42-26-36(18-24-40(42)46(55)56)48(58)61-29-33-11-7-4-8-12-33/h31-43,51,59H,3-30H2,1-2H3,(H,50,52)(H,53,54)(H,55,56). The van der Waals surface area contributed by atoms with Crippen molar-refractivity contribution in [2.75, 3.05) is 19.8 Å². The van der Waals surface area contributed by atoms with Gasteiger partial charge in [0.25, 0.3) is 0 Å². The van der Waals surface area contributed by atoms with Gasteiger partial charge in [-0.15, -0.1) is 0 Å². The lowest BCUT2D eigenvalue weighted by atomic mass is 9.65. The number of aliphatic carboxylic acids is 2. The number of amides is 1. The fourth-order valence-electron chi connectivity index (χ4n) is 12.6. The van der Waals surface area contributed by atoms with Crippen LogP contribution in [0.4, 0.5) is 0 Å². The Hall–Kier alpha value is -2.77. The maximum Gasteiger partial charge on any atom is 0.308 e. The second kappa shape index (κ2) is 23.4. The van der Waals surface area contributed by atoms with Crippen LogP contribution in [0, 0.1) is 64.6 Å². The van der Waals surface area contributed by atoms with Crippen LogP contribution < -0.4 is 10.8 Å². The van der Waals surface area contributed by atoms with Gasteiger partial charge in [-0.3, -0.25) is 24.0 Å². The zero-order chi connectivity index (χ0) is 44.2. The summed E-state index contributed by atoms with van der Waals surface area (Å²) in [5, 5.41) is 33.7. The molecule has 0 radical (unpaired) electrons. The van der Waals surface area contributed by atoms with E-state index in [0.29, 0.717) is 69.7 Å². The molecule has 6 aliphatic rings. The van der Waals surface area contributed by atoms with Gasteiger partial charge in [0.1, 0.15) is 0 Å². The van der Waals surface area contributed by atoms with Crippen molar-refractivity contribution < 1.29 is 53.6 Å². The fraction of sp³-hybridized carbons (Fsp3) is 0.898. The molecule has 1 amide bonds. The summed E-state index contributed by atoms with van der Waals surface area (Å²) in [6.07, 6.45) is 21.7. The molecule has 6 saturated carbocycles. The van der Waals surface area contributed by atoms with E-state index in [2.05, 4.69) is 24.6 Å². The number of nitrogens with one attached hydrogen (secondary N) is 2. The van der Waals surface area contributed by atoms with Crippen LogP contribution in [0.2, 0.25) is 0 Å². The number of ether oxygens (including phenoxy) is 3. The first-order valence-corrected chi connectivity index (χ1v) is 24.9. The van der Waals surface area contributed by atoms with Crippen LogP contribution in [0.1, 0.15) is 174 Å². The van der Waals surface area contributed by atoms with Gasteiger partial charge < -0.3 is 34.9 Å². The third-order valence-electron chi connectivity index (χ3n) is 16.3. The number of carbonyl (C=O) groups excluding carboxylic acids is 3. The summed E-state index contributed by atoms with van der Waals surface area (Å²) in [5.74, 6) is -4.46. The SMILES string of the molecule is CC(C)(COC1CCC(NC(=O)C2CC(C(=O)OCC3CCCCC3)CCC2C(=O)O)CC1)CC1CCC(C(NO)C2CC(C(=O)OCC3CCCCC3)CCC2C(=O)O)CC1. The lowest BCUT2D eigenvalue weighted by molar-refractivity contribution is -0.158. The highest BCUT2D eigenvalue weighted by atomic mass is 16.5. The molecule has 0 heterocycles. The number of hydrogen-bond acceptors (Lipinski definition) is 10. The van der Waals surface area contributed by atoms with Gasteiger partial charge in [-0.1, -0.05) is 65.2 Å². The van der Waals surface area contributed by atoms with Crippen molar-refractivity contribution in [2.45, 2.75) is 193 Å². The van der Waals surface area contributed by atoms with E-state index >= 15 is 0 Å². The zero-order valence-corrected chi connectivity index (χ0v) is 37.9. The van der Waals surface area contributed by atoms with Crippen LogP contribution in [-0.2, 0) is 38.2 Å². The summed E-state index contributed by atoms with van der Waals surface area (Å²) in [6.45, 7) is 5.99. The van der Waals surface area contributed by atoms with Gasteiger partial charge >= 0.3 is 23.9 Å². The van der Waals surface area contributed by atoms with Gasteiger partial charge in [0.15, 0.2) is 0 Å². The monoisotopic (exact) mass is 873 g/mol. The molecule has 0 spiro atoms. The van der Waals surface area contributed by atoms with Crippen molar-refractivity contribution in [3.8, 4) is 0 Å². The van der Waals surface area contributed by atoms with Crippen LogP contribution in [0.5, 0.6) is 0 Å². The van der Waals surface area contributed by atoms with E-state index in [1.165, 1.54) is 38.5 Å². The quantitative estimate of drug-likeness (QED) is 0.0652. The lowest BCUT2D eigenvalue weighted by Crippen LogP contribution is -2.49. The van der Waals surface area contributed by atoms with Crippen molar-refractivity contribution in [1.29, 1.82) is 0 Å². The number of hydroxylamine groups is 1. The van der Waals surface area contributed by atoms with E-state index in [4.69, 9.17) is 14.2 Å². The largest absolute Gasteiger partial charge is 0.481 e. The van der Waals surface area contributed by atoms with Gasteiger partial charge in [-0.25, -0.2) is 5.48 Å². The molecule has 352 valence electrons. The average molecular weight is 873 g/mol. The van der Waals surface area contributed by atoms with E-state index in [1.54, 1.807) is 0 Å². The van der Waals surface area contributed by atoms with Gasteiger partial charge in [0.05, 0.1) is 55.5 Å². The van der Waals surface area contributed by atoms with Crippen LogP contribution in [0.15, 0.2) is 0 Å². The second-order valence-corrected chi connectivity index (χ2v) is 21.5. The van der Waals surface area contributed by atoms with E-state index in [0.717, 1.165) is 83.5 Å². The van der Waals surface area contributed by atoms with Crippen molar-refractivity contribution in [1.82, 2.24) is 10.8 Å². The van der Waals surface area contributed by atoms with Crippen LogP contribution in [0.3, 0.4) is 0 Å². The van der Waals surface area contributed by atoms with Crippen molar-refractivity contribution >= 4 is 29.8 Å². The number of carboxylic acids is 2. The van der Waals surface area contributed by atoms with E-state index in [-0.39, 0.29) is 65.6 Å². The fourth-order valence-corrected chi connectivity index (χ4v) is 12.6. The molecular weight excluding hydrogens is 793 g/mol. The Balaban J connectivity index is 0.903. The third kappa shape index (κ3) is 13.9.